The normalized spacial score (nSPS) is 16.7. The second kappa shape index (κ2) is 14.9. The Labute approximate surface area is 208 Å². The number of hydrogen-bond acceptors (Lipinski definition) is 6. The smallest absolute Gasteiger partial charge is 0.112 e. The van der Waals surface area contributed by atoms with Gasteiger partial charge in [-0.05, 0) is 47.1 Å². The quantitative estimate of drug-likeness (QED) is 0.245. The highest BCUT2D eigenvalue weighted by atomic mass is 16.4. The number of aliphatic hydroxyl groups is 6. The predicted octanol–water partition coefficient (Wildman–Crippen LogP) is 2.88. The summed E-state index contributed by atoms with van der Waals surface area (Å²) in [7, 11) is 0. The van der Waals surface area contributed by atoms with Crippen molar-refractivity contribution in [2.24, 2.45) is 0 Å². The summed E-state index contributed by atoms with van der Waals surface area (Å²) in [5, 5.41) is 60.3. The Morgan fingerprint density at radius 2 is 1.23 bits per heavy atom. The van der Waals surface area contributed by atoms with E-state index in [4.69, 9.17) is 5.11 Å². The first-order valence-electron chi connectivity index (χ1n) is 12.4. The van der Waals surface area contributed by atoms with Crippen LogP contribution in [0.15, 0.2) is 60.2 Å². The second-order valence-electron chi connectivity index (χ2n) is 8.98. The Morgan fingerprint density at radius 1 is 0.714 bits per heavy atom. The van der Waals surface area contributed by atoms with Crippen LogP contribution in [0, 0.1) is 0 Å². The van der Waals surface area contributed by atoms with Gasteiger partial charge in [-0.3, -0.25) is 0 Å². The van der Waals surface area contributed by atoms with Crippen molar-refractivity contribution in [3.8, 4) is 0 Å². The molecule has 5 atom stereocenters. The molecule has 0 fully saturated rings. The van der Waals surface area contributed by atoms with Crippen molar-refractivity contribution in [3.63, 3.8) is 0 Å². The summed E-state index contributed by atoms with van der Waals surface area (Å²) in [5.41, 5.74) is 4.74. The maximum absolute atomic E-state index is 10.9. The molecule has 0 aromatic heterocycles. The van der Waals surface area contributed by atoms with Gasteiger partial charge in [0, 0.05) is 0 Å². The van der Waals surface area contributed by atoms with E-state index in [1.807, 2.05) is 48.6 Å². The standard InChI is InChI=1S/C29H40O6/c1-3-6-20-10-12-22(13-11-20)8-5-9-24(18-23-16-14-21(7-4-2)15-17-23)26(32)28(34)29(35)27(33)25(31)19-30/h5,8,10-18,25-35H,3-4,6-7,9,19H2,1-2H3/t25-,26?,27-,28+,29+/m1/s1. The highest BCUT2D eigenvalue weighted by Gasteiger charge is 2.35. The van der Waals surface area contributed by atoms with E-state index in [0.29, 0.717) is 5.57 Å². The molecule has 192 valence electrons. The third kappa shape index (κ3) is 9.00. The number of aliphatic hydroxyl groups excluding tert-OH is 6. The SMILES string of the molecule is CCCc1ccc(C=CCC(=Cc2ccc(CCC)cc2)C(O)[C@H](O)[C@@H](O)[C@H](O)[C@H](O)CO)cc1. The van der Waals surface area contributed by atoms with Crippen LogP contribution in [0.4, 0.5) is 0 Å². The number of allylic oxidation sites excluding steroid dienone is 1. The topological polar surface area (TPSA) is 121 Å². The van der Waals surface area contributed by atoms with Crippen LogP contribution >= 0.6 is 0 Å². The average molecular weight is 485 g/mol. The molecule has 0 aliphatic rings. The fourth-order valence-electron chi connectivity index (χ4n) is 3.91. The van der Waals surface area contributed by atoms with Gasteiger partial charge in [-0.15, -0.1) is 0 Å². The van der Waals surface area contributed by atoms with E-state index < -0.39 is 37.1 Å². The molecule has 6 heteroatoms. The van der Waals surface area contributed by atoms with Crippen LogP contribution in [0.3, 0.4) is 0 Å². The van der Waals surface area contributed by atoms with Crippen LogP contribution < -0.4 is 0 Å². The lowest BCUT2D eigenvalue weighted by Crippen LogP contribution is -2.50. The maximum Gasteiger partial charge on any atom is 0.112 e. The van der Waals surface area contributed by atoms with Crippen molar-refractivity contribution in [1.82, 2.24) is 0 Å². The van der Waals surface area contributed by atoms with Crippen molar-refractivity contribution in [3.05, 3.63) is 82.4 Å². The van der Waals surface area contributed by atoms with E-state index in [1.54, 1.807) is 6.08 Å². The zero-order valence-electron chi connectivity index (χ0n) is 20.7. The number of rotatable bonds is 14. The van der Waals surface area contributed by atoms with Gasteiger partial charge in [-0.2, -0.15) is 0 Å². The minimum atomic E-state index is -1.85. The van der Waals surface area contributed by atoms with Gasteiger partial charge in [-0.1, -0.05) is 93.4 Å². The molecule has 6 N–H and O–H groups in total. The monoisotopic (exact) mass is 484 g/mol. The molecule has 2 rings (SSSR count). The third-order valence-electron chi connectivity index (χ3n) is 6.04. The Balaban J connectivity index is 2.25. The zero-order valence-corrected chi connectivity index (χ0v) is 20.7. The Morgan fingerprint density at radius 3 is 1.71 bits per heavy atom. The highest BCUT2D eigenvalue weighted by molar-refractivity contribution is 5.57. The van der Waals surface area contributed by atoms with Gasteiger partial charge in [0.1, 0.15) is 30.5 Å². The van der Waals surface area contributed by atoms with Crippen LogP contribution in [0.1, 0.15) is 55.4 Å². The lowest BCUT2D eigenvalue weighted by atomic mass is 9.92. The van der Waals surface area contributed by atoms with E-state index in [2.05, 4.69) is 26.0 Å². The largest absolute Gasteiger partial charge is 0.394 e. The summed E-state index contributed by atoms with van der Waals surface area (Å²) in [6.45, 7) is 3.47. The van der Waals surface area contributed by atoms with Gasteiger partial charge in [0.15, 0.2) is 0 Å². The first-order chi connectivity index (χ1) is 16.8. The fraction of sp³-hybridized carbons (Fsp3) is 0.448. The molecule has 0 bridgehead atoms. The minimum absolute atomic E-state index is 0.289. The lowest BCUT2D eigenvalue weighted by molar-refractivity contribution is -0.134. The van der Waals surface area contributed by atoms with Crippen LogP contribution in [-0.4, -0.2) is 67.8 Å². The molecule has 0 radical (unpaired) electrons. The summed E-state index contributed by atoms with van der Waals surface area (Å²) in [6.07, 6.45) is 1.38. The lowest BCUT2D eigenvalue weighted by Gasteiger charge is -2.29. The molecule has 1 unspecified atom stereocenters. The van der Waals surface area contributed by atoms with Gasteiger partial charge in [0.2, 0.25) is 0 Å². The van der Waals surface area contributed by atoms with E-state index >= 15 is 0 Å². The summed E-state index contributed by atoms with van der Waals surface area (Å²) in [4.78, 5) is 0. The summed E-state index contributed by atoms with van der Waals surface area (Å²) in [6, 6.07) is 16.1. The van der Waals surface area contributed by atoms with Crippen molar-refractivity contribution >= 4 is 12.2 Å². The van der Waals surface area contributed by atoms with E-state index in [9.17, 15) is 25.5 Å². The van der Waals surface area contributed by atoms with Gasteiger partial charge >= 0.3 is 0 Å². The van der Waals surface area contributed by atoms with Crippen molar-refractivity contribution < 1.29 is 30.6 Å². The molecule has 0 amide bonds. The first-order valence-corrected chi connectivity index (χ1v) is 12.4. The summed E-state index contributed by atoms with van der Waals surface area (Å²) >= 11 is 0. The molecule has 35 heavy (non-hydrogen) atoms. The Hall–Kier alpha value is -2.32. The molecule has 0 saturated carbocycles. The Bertz CT molecular complexity index is 919. The number of aryl methyl sites for hydroxylation is 2. The average Bonchev–Trinajstić information content (AvgIpc) is 2.88. The van der Waals surface area contributed by atoms with Crippen LogP contribution in [0.25, 0.3) is 12.2 Å². The van der Waals surface area contributed by atoms with Crippen molar-refractivity contribution in [2.75, 3.05) is 6.61 Å². The molecule has 0 spiro atoms. The molecular weight excluding hydrogens is 444 g/mol. The molecule has 6 nitrogen and oxygen atoms in total. The van der Waals surface area contributed by atoms with Crippen LogP contribution in [0.2, 0.25) is 0 Å². The molecule has 2 aromatic carbocycles. The molecule has 0 heterocycles. The minimum Gasteiger partial charge on any atom is -0.394 e. The third-order valence-corrected chi connectivity index (χ3v) is 6.04. The van der Waals surface area contributed by atoms with Crippen LogP contribution in [-0.2, 0) is 12.8 Å². The second-order valence-corrected chi connectivity index (χ2v) is 8.98. The Kier molecular flexibility index (Phi) is 12.3. The van der Waals surface area contributed by atoms with E-state index in [1.165, 1.54) is 11.1 Å². The van der Waals surface area contributed by atoms with Crippen LogP contribution in [0.5, 0.6) is 0 Å². The van der Waals surface area contributed by atoms with Crippen molar-refractivity contribution in [2.45, 2.75) is 76.5 Å². The fourth-order valence-corrected chi connectivity index (χ4v) is 3.91. The molecule has 2 aromatic rings. The predicted molar refractivity (Wildman–Crippen MR) is 140 cm³/mol. The molecule has 0 aliphatic heterocycles. The summed E-state index contributed by atoms with van der Waals surface area (Å²) < 4.78 is 0. The molecule has 0 saturated heterocycles. The van der Waals surface area contributed by atoms with Gasteiger partial charge < -0.3 is 30.6 Å². The number of benzene rings is 2. The molecular formula is C29H40O6. The molecule has 0 aliphatic carbocycles. The van der Waals surface area contributed by atoms with E-state index in [0.717, 1.165) is 36.8 Å². The van der Waals surface area contributed by atoms with Crippen molar-refractivity contribution in [1.29, 1.82) is 0 Å². The van der Waals surface area contributed by atoms with Gasteiger partial charge in [0.25, 0.3) is 0 Å². The van der Waals surface area contributed by atoms with E-state index in [-0.39, 0.29) is 6.42 Å². The summed E-state index contributed by atoms with van der Waals surface area (Å²) in [5.74, 6) is 0. The zero-order chi connectivity index (χ0) is 25.8. The maximum atomic E-state index is 10.9. The number of hydrogen-bond donors (Lipinski definition) is 6. The van der Waals surface area contributed by atoms with Gasteiger partial charge in [0.05, 0.1) is 6.61 Å². The first kappa shape index (κ1) is 28.9. The van der Waals surface area contributed by atoms with Gasteiger partial charge in [-0.25, -0.2) is 0 Å². The highest BCUT2D eigenvalue weighted by Crippen LogP contribution is 2.22.